The molecule has 2 aromatic rings. The summed E-state index contributed by atoms with van der Waals surface area (Å²) < 4.78 is 5.58. The lowest BCUT2D eigenvalue weighted by Crippen LogP contribution is -2.44. The van der Waals surface area contributed by atoms with E-state index in [0.717, 1.165) is 62.2 Å². The van der Waals surface area contributed by atoms with E-state index in [2.05, 4.69) is 58.5 Å². The molecule has 3 heterocycles. The molecular formula is C29H41ClN6OS. The van der Waals surface area contributed by atoms with Crippen LogP contribution in [0.4, 0.5) is 17.6 Å². The van der Waals surface area contributed by atoms with E-state index in [1.165, 1.54) is 31.2 Å². The Bertz CT molecular complexity index is 1090. The maximum atomic E-state index is 6.38. The zero-order valence-corrected chi connectivity index (χ0v) is 24.3. The molecule has 9 heteroatoms. The number of aromatic nitrogens is 2. The fourth-order valence-corrected chi connectivity index (χ4v) is 6.81. The number of morpholine rings is 1. The maximum Gasteiger partial charge on any atom is 0.232 e. The van der Waals surface area contributed by atoms with Crippen molar-refractivity contribution in [1.82, 2.24) is 15.3 Å². The Morgan fingerprint density at radius 1 is 1.03 bits per heavy atom. The van der Waals surface area contributed by atoms with Crippen molar-refractivity contribution >= 4 is 46.5 Å². The molecular weight excluding hydrogens is 516 g/mol. The molecule has 2 N–H and O–H groups in total. The molecule has 1 aromatic heterocycles. The zero-order valence-electron chi connectivity index (χ0n) is 22.7. The Hall–Kier alpha value is -2.16. The molecule has 0 radical (unpaired) electrons. The van der Waals surface area contributed by atoms with Crippen LogP contribution in [0.2, 0.25) is 5.02 Å². The highest BCUT2D eigenvalue weighted by Crippen LogP contribution is 2.40. The third kappa shape index (κ3) is 6.69. The fourth-order valence-electron chi connectivity index (χ4n) is 6.45. The molecule has 0 bridgehead atoms. The number of piperidine rings is 1. The Balaban J connectivity index is 1.33. The van der Waals surface area contributed by atoms with Crippen LogP contribution in [0.5, 0.6) is 0 Å². The van der Waals surface area contributed by atoms with Crippen LogP contribution in [0.3, 0.4) is 0 Å². The van der Waals surface area contributed by atoms with Gasteiger partial charge in [-0.3, -0.25) is 0 Å². The second-order valence-corrected chi connectivity index (χ2v) is 12.4. The van der Waals surface area contributed by atoms with Crippen LogP contribution in [0.15, 0.2) is 30.3 Å². The number of hydrogen-bond acceptors (Lipinski definition) is 6. The van der Waals surface area contributed by atoms with Crippen LogP contribution in [0.25, 0.3) is 0 Å². The van der Waals surface area contributed by atoms with Gasteiger partial charge in [-0.2, -0.15) is 9.97 Å². The van der Waals surface area contributed by atoms with Crippen LogP contribution >= 0.6 is 23.8 Å². The highest BCUT2D eigenvalue weighted by Gasteiger charge is 2.34. The summed E-state index contributed by atoms with van der Waals surface area (Å²) in [6.45, 7) is 10.5. The quantitative estimate of drug-likeness (QED) is 0.443. The van der Waals surface area contributed by atoms with Gasteiger partial charge >= 0.3 is 0 Å². The third-order valence-corrected chi connectivity index (χ3v) is 8.77. The number of rotatable bonds is 6. The molecule has 3 fully saturated rings. The first-order chi connectivity index (χ1) is 18.4. The molecule has 1 aliphatic carbocycles. The summed E-state index contributed by atoms with van der Waals surface area (Å²) >= 11 is 12.2. The highest BCUT2D eigenvalue weighted by molar-refractivity contribution is 7.80. The number of halogens is 1. The fraction of sp³-hybridized carbons (Fsp3) is 0.621. The SMILES string of the molecule is C[C@H]1C[C@H](C)CN(c2cc(N3CCOCC3)nc(NC(=S)NCC3(c4cccc(Cl)c4)CCCCC3)n2)C1. The molecule has 0 amide bonds. The van der Waals surface area contributed by atoms with Gasteiger partial charge in [0.2, 0.25) is 5.95 Å². The standard InChI is InChI=1S/C29H41ClN6OS/c1-21-15-22(2)19-36(18-21)26-17-25(35-11-13-37-14-12-35)32-27(33-26)34-28(38)31-20-29(9-4-3-5-10-29)23-7-6-8-24(30)16-23/h6-8,16-17,21-22H,3-5,9-15,18-20H2,1-2H3,(H2,31,32,33,34,38)/t21-,22-/m0/s1. The zero-order chi connectivity index (χ0) is 26.5. The number of thiocarbonyl (C=S) groups is 1. The third-order valence-electron chi connectivity index (χ3n) is 8.29. The number of ether oxygens (including phenoxy) is 1. The number of hydrogen-bond donors (Lipinski definition) is 2. The molecule has 0 unspecified atom stereocenters. The summed E-state index contributed by atoms with van der Waals surface area (Å²) in [4.78, 5) is 14.5. The average molecular weight is 557 g/mol. The molecule has 3 aliphatic rings. The van der Waals surface area contributed by atoms with E-state index >= 15 is 0 Å². The van der Waals surface area contributed by atoms with Gasteiger partial charge in [-0.05, 0) is 61.0 Å². The first kappa shape index (κ1) is 27.4. The minimum absolute atomic E-state index is 0.0244. The van der Waals surface area contributed by atoms with Crippen molar-refractivity contribution in [1.29, 1.82) is 0 Å². The minimum Gasteiger partial charge on any atom is -0.378 e. The monoisotopic (exact) mass is 556 g/mol. The highest BCUT2D eigenvalue weighted by atomic mass is 35.5. The van der Waals surface area contributed by atoms with Crippen molar-refractivity contribution in [3.63, 3.8) is 0 Å². The summed E-state index contributed by atoms with van der Waals surface area (Å²) in [5.74, 6) is 3.72. The van der Waals surface area contributed by atoms with E-state index in [0.29, 0.717) is 36.1 Å². The minimum atomic E-state index is 0.0244. The van der Waals surface area contributed by atoms with Crippen LogP contribution < -0.4 is 20.4 Å². The van der Waals surface area contributed by atoms with Crippen molar-refractivity contribution < 1.29 is 4.74 Å². The van der Waals surface area contributed by atoms with Crippen LogP contribution in [0.1, 0.15) is 57.9 Å². The number of anilines is 3. The molecule has 1 saturated carbocycles. The van der Waals surface area contributed by atoms with Crippen LogP contribution in [0, 0.1) is 11.8 Å². The molecule has 2 saturated heterocycles. The van der Waals surface area contributed by atoms with Gasteiger partial charge in [-0.25, -0.2) is 0 Å². The molecule has 38 heavy (non-hydrogen) atoms. The van der Waals surface area contributed by atoms with E-state index in [4.69, 9.17) is 38.5 Å². The molecule has 1 aromatic carbocycles. The van der Waals surface area contributed by atoms with Crippen molar-refractivity contribution in [3.05, 3.63) is 40.9 Å². The van der Waals surface area contributed by atoms with Gasteiger partial charge in [0.05, 0.1) is 13.2 Å². The maximum absolute atomic E-state index is 6.38. The molecule has 206 valence electrons. The van der Waals surface area contributed by atoms with Crippen molar-refractivity contribution in [2.45, 2.75) is 57.8 Å². The Morgan fingerprint density at radius 2 is 1.71 bits per heavy atom. The van der Waals surface area contributed by atoms with Gasteiger partial charge in [-0.1, -0.05) is 56.8 Å². The predicted octanol–water partition coefficient (Wildman–Crippen LogP) is 5.64. The van der Waals surface area contributed by atoms with E-state index in [1.54, 1.807) is 0 Å². The lowest BCUT2D eigenvalue weighted by Gasteiger charge is -2.38. The molecule has 0 spiro atoms. The Morgan fingerprint density at radius 3 is 2.39 bits per heavy atom. The van der Waals surface area contributed by atoms with E-state index in [1.807, 2.05) is 6.07 Å². The Labute approximate surface area is 237 Å². The number of nitrogens with zero attached hydrogens (tertiary/aromatic N) is 4. The summed E-state index contributed by atoms with van der Waals surface area (Å²) in [6, 6.07) is 10.5. The summed E-state index contributed by atoms with van der Waals surface area (Å²) in [5.41, 5.74) is 1.32. The normalized spacial score (nSPS) is 23.7. The average Bonchev–Trinajstić information content (AvgIpc) is 2.92. The second kappa shape index (κ2) is 12.3. The lowest BCUT2D eigenvalue weighted by atomic mass is 9.69. The molecule has 5 rings (SSSR count). The second-order valence-electron chi connectivity index (χ2n) is 11.5. The van der Waals surface area contributed by atoms with Crippen LogP contribution in [-0.4, -0.2) is 61.0 Å². The van der Waals surface area contributed by atoms with Crippen LogP contribution in [-0.2, 0) is 10.2 Å². The molecule has 7 nitrogen and oxygen atoms in total. The van der Waals surface area contributed by atoms with Gasteiger partial charge in [0.15, 0.2) is 5.11 Å². The predicted molar refractivity (Wildman–Crippen MR) is 161 cm³/mol. The van der Waals surface area contributed by atoms with E-state index in [-0.39, 0.29) is 5.41 Å². The molecule has 2 aliphatic heterocycles. The van der Waals surface area contributed by atoms with Crippen molar-refractivity contribution in [3.8, 4) is 0 Å². The van der Waals surface area contributed by atoms with Crippen molar-refractivity contribution in [2.75, 3.05) is 61.1 Å². The topological polar surface area (TPSA) is 65.6 Å². The summed E-state index contributed by atoms with van der Waals surface area (Å²) in [7, 11) is 0. The van der Waals surface area contributed by atoms with E-state index in [9.17, 15) is 0 Å². The van der Waals surface area contributed by atoms with Gasteiger partial charge in [-0.15, -0.1) is 0 Å². The number of benzene rings is 1. The van der Waals surface area contributed by atoms with Crippen molar-refractivity contribution in [2.24, 2.45) is 11.8 Å². The summed E-state index contributed by atoms with van der Waals surface area (Å²) in [6.07, 6.45) is 7.22. The Kier molecular flexibility index (Phi) is 8.91. The summed E-state index contributed by atoms with van der Waals surface area (Å²) in [5, 5.41) is 8.20. The van der Waals surface area contributed by atoms with E-state index < -0.39 is 0 Å². The molecule has 2 atom stereocenters. The van der Waals surface area contributed by atoms with Gasteiger partial charge < -0.3 is 25.2 Å². The number of nitrogens with one attached hydrogen (secondary N) is 2. The van der Waals surface area contributed by atoms with Gasteiger partial charge in [0, 0.05) is 49.2 Å². The first-order valence-corrected chi connectivity index (χ1v) is 15.0. The largest absolute Gasteiger partial charge is 0.378 e. The first-order valence-electron chi connectivity index (χ1n) is 14.2. The lowest BCUT2D eigenvalue weighted by molar-refractivity contribution is 0.122. The smallest absolute Gasteiger partial charge is 0.232 e. The van der Waals surface area contributed by atoms with Gasteiger partial charge in [0.25, 0.3) is 0 Å². The van der Waals surface area contributed by atoms with Gasteiger partial charge in [0.1, 0.15) is 11.6 Å².